The zero-order chi connectivity index (χ0) is 14.1. The Morgan fingerprint density at radius 2 is 1.95 bits per heavy atom. The minimum atomic E-state index is -0.127. The van der Waals surface area contributed by atoms with Crippen LogP contribution in [0.4, 0.5) is 0 Å². The molecular weight excluding hydrogens is 238 g/mol. The topological polar surface area (TPSA) is 38.7 Å². The predicted octanol–water partition coefficient (Wildman–Crippen LogP) is 1.15. The van der Waals surface area contributed by atoms with E-state index in [2.05, 4.69) is 36.0 Å². The monoisotopic (exact) mass is 271 g/mol. The lowest BCUT2D eigenvalue weighted by molar-refractivity contribution is 0.148. The van der Waals surface area contributed by atoms with E-state index in [0.29, 0.717) is 0 Å². The van der Waals surface area contributed by atoms with Gasteiger partial charge in [-0.2, -0.15) is 0 Å². The summed E-state index contributed by atoms with van der Waals surface area (Å²) >= 11 is 0. The Kier molecular flexibility index (Phi) is 7.91. The second-order valence-electron chi connectivity index (χ2n) is 6.25. The molecule has 0 saturated carbocycles. The SMILES string of the molecule is CCCNC(C)(CO)CCN(C)CCN1CCCC1. The summed E-state index contributed by atoms with van der Waals surface area (Å²) in [5.41, 5.74) is -0.127. The van der Waals surface area contributed by atoms with Crippen LogP contribution in [0.3, 0.4) is 0 Å². The summed E-state index contributed by atoms with van der Waals surface area (Å²) in [6.07, 6.45) is 4.85. The fourth-order valence-electron chi connectivity index (χ4n) is 2.52. The summed E-state index contributed by atoms with van der Waals surface area (Å²) in [4.78, 5) is 4.94. The van der Waals surface area contributed by atoms with Gasteiger partial charge in [-0.25, -0.2) is 0 Å². The number of aliphatic hydroxyl groups excluding tert-OH is 1. The molecule has 1 heterocycles. The van der Waals surface area contributed by atoms with Crippen LogP contribution in [0.5, 0.6) is 0 Å². The summed E-state index contributed by atoms with van der Waals surface area (Å²) in [6, 6.07) is 0. The summed E-state index contributed by atoms with van der Waals surface area (Å²) in [7, 11) is 2.19. The number of hydrogen-bond donors (Lipinski definition) is 2. The third-order valence-electron chi connectivity index (χ3n) is 4.19. The van der Waals surface area contributed by atoms with Crippen molar-refractivity contribution in [2.24, 2.45) is 0 Å². The quantitative estimate of drug-likeness (QED) is 0.625. The van der Waals surface area contributed by atoms with Gasteiger partial charge < -0.3 is 20.2 Å². The normalized spacial score (nSPS) is 20.1. The van der Waals surface area contributed by atoms with Gasteiger partial charge in [0.15, 0.2) is 0 Å². The first-order valence-corrected chi connectivity index (χ1v) is 7.86. The van der Waals surface area contributed by atoms with Crippen LogP contribution in [0.2, 0.25) is 0 Å². The number of nitrogens with one attached hydrogen (secondary N) is 1. The molecule has 1 aliphatic heterocycles. The van der Waals surface area contributed by atoms with Gasteiger partial charge in [0.1, 0.15) is 0 Å². The van der Waals surface area contributed by atoms with Gasteiger partial charge >= 0.3 is 0 Å². The standard InChI is InChI=1S/C15H33N3O/c1-4-8-16-15(2,14-19)7-11-17(3)12-13-18-9-5-6-10-18/h16,19H,4-14H2,1-3H3. The van der Waals surface area contributed by atoms with Crippen molar-refractivity contribution < 1.29 is 5.11 Å². The smallest absolute Gasteiger partial charge is 0.0611 e. The number of likely N-dealkylation sites (N-methyl/N-ethyl adjacent to an activating group) is 1. The molecule has 19 heavy (non-hydrogen) atoms. The van der Waals surface area contributed by atoms with Gasteiger partial charge in [0.25, 0.3) is 0 Å². The van der Waals surface area contributed by atoms with E-state index in [1.165, 1.54) is 32.5 Å². The average Bonchev–Trinajstić information content (AvgIpc) is 2.94. The lowest BCUT2D eigenvalue weighted by Gasteiger charge is -2.31. The molecule has 2 N–H and O–H groups in total. The molecule has 4 heteroatoms. The van der Waals surface area contributed by atoms with Crippen molar-refractivity contribution in [3.05, 3.63) is 0 Å². The molecule has 0 amide bonds. The van der Waals surface area contributed by atoms with Gasteiger partial charge in [-0.3, -0.25) is 0 Å². The predicted molar refractivity (Wildman–Crippen MR) is 81.6 cm³/mol. The fourth-order valence-corrected chi connectivity index (χ4v) is 2.52. The van der Waals surface area contributed by atoms with E-state index in [9.17, 15) is 5.11 Å². The highest BCUT2D eigenvalue weighted by Gasteiger charge is 2.22. The summed E-state index contributed by atoms with van der Waals surface area (Å²) in [5, 5.41) is 13.0. The largest absolute Gasteiger partial charge is 0.394 e. The molecule has 0 aromatic rings. The van der Waals surface area contributed by atoms with Crippen molar-refractivity contribution in [2.45, 2.75) is 45.1 Å². The molecule has 0 radical (unpaired) electrons. The number of rotatable bonds is 10. The Morgan fingerprint density at radius 3 is 2.53 bits per heavy atom. The number of likely N-dealkylation sites (tertiary alicyclic amines) is 1. The molecule has 0 spiro atoms. The van der Waals surface area contributed by atoms with Crippen LogP contribution in [-0.4, -0.2) is 73.4 Å². The van der Waals surface area contributed by atoms with E-state index in [-0.39, 0.29) is 12.1 Å². The number of hydrogen-bond acceptors (Lipinski definition) is 4. The fraction of sp³-hybridized carbons (Fsp3) is 1.00. The molecule has 1 unspecified atom stereocenters. The number of nitrogens with zero attached hydrogens (tertiary/aromatic N) is 2. The maximum absolute atomic E-state index is 9.54. The first-order valence-electron chi connectivity index (χ1n) is 7.86. The van der Waals surface area contributed by atoms with Crippen LogP contribution in [0, 0.1) is 0 Å². The number of aliphatic hydroxyl groups is 1. The Hall–Kier alpha value is -0.160. The molecule has 1 fully saturated rings. The molecule has 4 nitrogen and oxygen atoms in total. The third kappa shape index (κ3) is 6.70. The van der Waals surface area contributed by atoms with Crippen LogP contribution in [0.15, 0.2) is 0 Å². The Balaban J connectivity index is 2.17. The van der Waals surface area contributed by atoms with E-state index in [1.807, 2.05) is 0 Å². The molecule has 0 aromatic heterocycles. The van der Waals surface area contributed by atoms with Crippen molar-refractivity contribution in [3.8, 4) is 0 Å². The van der Waals surface area contributed by atoms with Crippen molar-refractivity contribution in [1.82, 2.24) is 15.1 Å². The zero-order valence-electron chi connectivity index (χ0n) is 13.1. The highest BCUT2D eigenvalue weighted by Crippen LogP contribution is 2.10. The van der Waals surface area contributed by atoms with Crippen LogP contribution in [0.25, 0.3) is 0 Å². The molecule has 114 valence electrons. The molecule has 1 saturated heterocycles. The van der Waals surface area contributed by atoms with E-state index in [0.717, 1.165) is 32.5 Å². The van der Waals surface area contributed by atoms with Crippen LogP contribution in [-0.2, 0) is 0 Å². The van der Waals surface area contributed by atoms with Gasteiger partial charge in [-0.05, 0) is 65.8 Å². The first kappa shape index (κ1) is 16.9. The summed E-state index contributed by atoms with van der Waals surface area (Å²) in [6.45, 7) is 11.4. The molecule has 1 aliphatic rings. The molecule has 0 bridgehead atoms. The second-order valence-corrected chi connectivity index (χ2v) is 6.25. The molecular formula is C15H33N3O. The highest BCUT2D eigenvalue weighted by molar-refractivity contribution is 4.83. The van der Waals surface area contributed by atoms with Gasteiger partial charge in [-0.15, -0.1) is 0 Å². The van der Waals surface area contributed by atoms with Crippen LogP contribution in [0.1, 0.15) is 39.5 Å². The minimum absolute atomic E-state index is 0.127. The van der Waals surface area contributed by atoms with E-state index in [1.54, 1.807) is 0 Å². The van der Waals surface area contributed by atoms with E-state index < -0.39 is 0 Å². The minimum Gasteiger partial charge on any atom is -0.394 e. The van der Waals surface area contributed by atoms with E-state index in [4.69, 9.17) is 0 Å². The summed E-state index contributed by atoms with van der Waals surface area (Å²) in [5.74, 6) is 0. The lowest BCUT2D eigenvalue weighted by Crippen LogP contribution is -2.48. The molecule has 0 aromatic carbocycles. The molecule has 1 atom stereocenters. The van der Waals surface area contributed by atoms with Gasteiger partial charge in [0.2, 0.25) is 0 Å². The Bertz CT molecular complexity index is 231. The maximum Gasteiger partial charge on any atom is 0.0611 e. The zero-order valence-corrected chi connectivity index (χ0v) is 13.1. The van der Waals surface area contributed by atoms with Gasteiger partial charge in [0, 0.05) is 18.6 Å². The van der Waals surface area contributed by atoms with Crippen LogP contribution < -0.4 is 5.32 Å². The Labute approximate surface area is 119 Å². The highest BCUT2D eigenvalue weighted by atomic mass is 16.3. The maximum atomic E-state index is 9.54. The van der Waals surface area contributed by atoms with Crippen molar-refractivity contribution in [1.29, 1.82) is 0 Å². The van der Waals surface area contributed by atoms with Gasteiger partial charge in [-0.1, -0.05) is 6.92 Å². The lowest BCUT2D eigenvalue weighted by atomic mass is 9.98. The molecule has 1 rings (SSSR count). The second kappa shape index (κ2) is 8.90. The third-order valence-corrected chi connectivity index (χ3v) is 4.19. The summed E-state index contributed by atoms with van der Waals surface area (Å²) < 4.78 is 0. The first-order chi connectivity index (χ1) is 9.09. The van der Waals surface area contributed by atoms with Crippen molar-refractivity contribution >= 4 is 0 Å². The average molecular weight is 271 g/mol. The molecule has 0 aliphatic carbocycles. The van der Waals surface area contributed by atoms with E-state index >= 15 is 0 Å². The Morgan fingerprint density at radius 1 is 1.26 bits per heavy atom. The van der Waals surface area contributed by atoms with Crippen molar-refractivity contribution in [3.63, 3.8) is 0 Å². The van der Waals surface area contributed by atoms with Crippen LogP contribution >= 0.6 is 0 Å². The van der Waals surface area contributed by atoms with Gasteiger partial charge in [0.05, 0.1) is 6.61 Å². The van der Waals surface area contributed by atoms with Crippen molar-refractivity contribution in [2.75, 3.05) is 52.9 Å².